The second-order valence-electron chi connectivity index (χ2n) is 5.36. The Morgan fingerprint density at radius 3 is 2.21 bits per heavy atom. The minimum Gasteiger partial charge on any atom is -0.461 e. The fourth-order valence-corrected chi connectivity index (χ4v) is 2.80. The number of esters is 1. The smallest absolute Gasteiger partial charge is 0.359 e. The number of aromatic nitrogens is 2. The molecule has 24 heavy (non-hydrogen) atoms. The predicted molar refractivity (Wildman–Crippen MR) is 94.3 cm³/mol. The van der Waals surface area contributed by atoms with Crippen LogP contribution in [-0.4, -0.2) is 22.4 Å². The van der Waals surface area contributed by atoms with Gasteiger partial charge in [0.1, 0.15) is 0 Å². The lowest BCUT2D eigenvalue weighted by atomic mass is 10.0. The van der Waals surface area contributed by atoms with Crippen LogP contribution < -0.4 is 0 Å². The van der Waals surface area contributed by atoms with Crippen molar-refractivity contribution >= 4 is 5.97 Å². The molecule has 0 unspecified atom stereocenters. The third-order valence-electron chi connectivity index (χ3n) is 3.85. The van der Waals surface area contributed by atoms with Gasteiger partial charge in [0.15, 0.2) is 5.69 Å². The maximum Gasteiger partial charge on any atom is 0.359 e. The first-order valence-electron chi connectivity index (χ1n) is 8.16. The molecule has 0 aliphatic rings. The molecule has 1 aromatic heterocycles. The number of carbonyl (C=O) groups is 1. The zero-order valence-corrected chi connectivity index (χ0v) is 13.9. The van der Waals surface area contributed by atoms with Crippen LogP contribution in [0.5, 0.6) is 0 Å². The lowest BCUT2D eigenvalue weighted by Crippen LogP contribution is -2.08. The Hall–Kier alpha value is -2.88. The number of nitrogens with zero attached hydrogens (tertiary/aromatic N) is 2. The summed E-state index contributed by atoms with van der Waals surface area (Å²) in [6.07, 6.45) is 0.700. The van der Waals surface area contributed by atoms with Crippen molar-refractivity contribution in [3.63, 3.8) is 0 Å². The average Bonchev–Trinajstić information content (AvgIpc) is 3.03. The van der Waals surface area contributed by atoms with E-state index < -0.39 is 0 Å². The predicted octanol–water partition coefficient (Wildman–Crippen LogP) is 4.28. The number of hydrogen-bond acceptors (Lipinski definition) is 3. The van der Waals surface area contributed by atoms with Crippen molar-refractivity contribution in [1.82, 2.24) is 9.78 Å². The molecule has 0 aliphatic carbocycles. The Balaban J connectivity index is 2.26. The zero-order valence-electron chi connectivity index (χ0n) is 13.9. The van der Waals surface area contributed by atoms with Gasteiger partial charge in [-0.3, -0.25) is 0 Å². The summed E-state index contributed by atoms with van der Waals surface area (Å²) in [5, 5.41) is 4.59. The van der Waals surface area contributed by atoms with Crippen LogP contribution in [0.4, 0.5) is 0 Å². The van der Waals surface area contributed by atoms with Crippen LogP contribution in [-0.2, 0) is 11.2 Å². The summed E-state index contributed by atoms with van der Waals surface area (Å²) in [6.45, 7) is 4.16. The molecular formula is C20H20N2O2. The van der Waals surface area contributed by atoms with Crippen LogP contribution in [0.25, 0.3) is 16.9 Å². The minimum absolute atomic E-state index is 0.334. The van der Waals surface area contributed by atoms with E-state index in [0.717, 1.165) is 22.5 Å². The van der Waals surface area contributed by atoms with Crippen molar-refractivity contribution in [3.05, 3.63) is 71.9 Å². The van der Waals surface area contributed by atoms with E-state index in [9.17, 15) is 4.79 Å². The Bertz CT molecular complexity index is 824. The van der Waals surface area contributed by atoms with Crippen molar-refractivity contribution in [2.24, 2.45) is 0 Å². The van der Waals surface area contributed by atoms with E-state index in [1.54, 1.807) is 6.92 Å². The molecule has 0 bridgehead atoms. The highest BCUT2D eigenvalue weighted by Gasteiger charge is 2.24. The Kier molecular flexibility index (Phi) is 4.75. The molecule has 0 fully saturated rings. The van der Waals surface area contributed by atoms with Crippen LogP contribution in [0.2, 0.25) is 0 Å². The van der Waals surface area contributed by atoms with Crippen LogP contribution in [0.15, 0.2) is 60.7 Å². The number of benzene rings is 2. The maximum absolute atomic E-state index is 12.4. The fraction of sp³-hybridized carbons (Fsp3) is 0.200. The summed E-state index contributed by atoms with van der Waals surface area (Å²) in [7, 11) is 0. The largest absolute Gasteiger partial charge is 0.461 e. The molecule has 3 rings (SSSR count). The first-order valence-corrected chi connectivity index (χ1v) is 8.16. The fourth-order valence-electron chi connectivity index (χ4n) is 2.80. The minimum atomic E-state index is -0.374. The van der Waals surface area contributed by atoms with E-state index in [0.29, 0.717) is 18.7 Å². The second kappa shape index (κ2) is 7.13. The third kappa shape index (κ3) is 2.95. The van der Waals surface area contributed by atoms with Gasteiger partial charge < -0.3 is 4.74 Å². The summed E-state index contributed by atoms with van der Waals surface area (Å²) in [4.78, 5) is 12.4. The molecule has 0 radical (unpaired) electrons. The summed E-state index contributed by atoms with van der Waals surface area (Å²) in [5.41, 5.74) is 4.18. The van der Waals surface area contributed by atoms with Gasteiger partial charge in [-0.2, -0.15) is 5.10 Å². The van der Waals surface area contributed by atoms with Crippen LogP contribution >= 0.6 is 0 Å². The van der Waals surface area contributed by atoms with Crippen LogP contribution in [0.1, 0.15) is 29.9 Å². The lowest BCUT2D eigenvalue weighted by molar-refractivity contribution is 0.0517. The van der Waals surface area contributed by atoms with Crippen molar-refractivity contribution in [3.8, 4) is 16.9 Å². The molecule has 0 saturated carbocycles. The number of hydrogen-bond donors (Lipinski definition) is 0. The van der Waals surface area contributed by atoms with Crippen molar-refractivity contribution in [2.75, 3.05) is 6.61 Å². The topological polar surface area (TPSA) is 44.1 Å². The van der Waals surface area contributed by atoms with Crippen LogP contribution in [0.3, 0.4) is 0 Å². The standard InChI is InChI=1S/C20H20N2O2/c1-3-17-18(20(23)24-4-2)21-22(16-13-9-6-10-14-16)19(17)15-11-7-5-8-12-15/h5-14H,3-4H2,1-2H3. The molecule has 4 heteroatoms. The molecule has 1 heterocycles. The molecule has 0 saturated heterocycles. The van der Waals surface area contributed by atoms with E-state index >= 15 is 0 Å². The maximum atomic E-state index is 12.4. The van der Waals surface area contributed by atoms with Crippen LogP contribution in [0, 0.1) is 0 Å². The van der Waals surface area contributed by atoms with E-state index in [2.05, 4.69) is 5.10 Å². The molecule has 0 amide bonds. The molecule has 4 nitrogen and oxygen atoms in total. The summed E-state index contributed by atoms with van der Waals surface area (Å²) < 4.78 is 7.03. The van der Waals surface area contributed by atoms with Gasteiger partial charge in [0.05, 0.1) is 18.0 Å². The number of ether oxygens (including phenoxy) is 1. The summed E-state index contributed by atoms with van der Waals surface area (Å²) in [5.74, 6) is -0.374. The highest BCUT2D eigenvalue weighted by atomic mass is 16.5. The van der Waals surface area contributed by atoms with E-state index in [-0.39, 0.29) is 5.97 Å². The molecule has 0 aliphatic heterocycles. The van der Waals surface area contributed by atoms with Gasteiger partial charge >= 0.3 is 5.97 Å². The monoisotopic (exact) mass is 320 g/mol. The Morgan fingerprint density at radius 2 is 1.62 bits per heavy atom. The highest BCUT2D eigenvalue weighted by Crippen LogP contribution is 2.30. The van der Waals surface area contributed by atoms with Gasteiger partial charge in [-0.25, -0.2) is 9.48 Å². The SMILES string of the molecule is CCOC(=O)c1nn(-c2ccccc2)c(-c2ccccc2)c1CC. The molecule has 122 valence electrons. The highest BCUT2D eigenvalue weighted by molar-refractivity contribution is 5.91. The van der Waals surface area contributed by atoms with E-state index in [1.807, 2.05) is 72.3 Å². The normalized spacial score (nSPS) is 10.6. The number of rotatable bonds is 5. The number of carbonyl (C=O) groups excluding carboxylic acids is 1. The molecule has 3 aromatic rings. The van der Waals surface area contributed by atoms with Crippen molar-refractivity contribution in [1.29, 1.82) is 0 Å². The molecule has 0 N–H and O–H groups in total. The van der Waals surface area contributed by atoms with Gasteiger partial charge in [0, 0.05) is 11.1 Å². The van der Waals surface area contributed by atoms with Gasteiger partial charge in [0.25, 0.3) is 0 Å². The average molecular weight is 320 g/mol. The third-order valence-corrected chi connectivity index (χ3v) is 3.85. The van der Waals surface area contributed by atoms with Gasteiger partial charge in [0.2, 0.25) is 0 Å². The van der Waals surface area contributed by atoms with Gasteiger partial charge in [-0.15, -0.1) is 0 Å². The second-order valence-corrected chi connectivity index (χ2v) is 5.36. The Morgan fingerprint density at radius 1 is 1.00 bits per heavy atom. The zero-order chi connectivity index (χ0) is 16.9. The molecule has 2 aromatic carbocycles. The lowest BCUT2D eigenvalue weighted by Gasteiger charge is -2.09. The summed E-state index contributed by atoms with van der Waals surface area (Å²) >= 11 is 0. The van der Waals surface area contributed by atoms with E-state index in [4.69, 9.17) is 4.74 Å². The first kappa shape index (κ1) is 16.0. The van der Waals surface area contributed by atoms with Gasteiger partial charge in [-0.05, 0) is 25.5 Å². The molecule has 0 spiro atoms. The molecule has 0 atom stereocenters. The Labute approximate surface area is 141 Å². The summed E-state index contributed by atoms with van der Waals surface area (Å²) in [6, 6.07) is 19.9. The van der Waals surface area contributed by atoms with Gasteiger partial charge in [-0.1, -0.05) is 55.5 Å². The number of para-hydroxylation sites is 1. The van der Waals surface area contributed by atoms with E-state index in [1.165, 1.54) is 0 Å². The molecular weight excluding hydrogens is 300 g/mol. The van der Waals surface area contributed by atoms with Crippen molar-refractivity contribution in [2.45, 2.75) is 20.3 Å². The quantitative estimate of drug-likeness (QED) is 0.659. The first-order chi connectivity index (χ1) is 11.8. The van der Waals surface area contributed by atoms with Crippen molar-refractivity contribution < 1.29 is 9.53 Å².